The maximum atomic E-state index is 12.4. The van der Waals surface area contributed by atoms with Crippen LogP contribution in [0, 0.1) is 6.92 Å². The molecule has 0 aromatic carbocycles. The van der Waals surface area contributed by atoms with Crippen molar-refractivity contribution in [2.75, 3.05) is 6.54 Å². The van der Waals surface area contributed by atoms with Crippen molar-refractivity contribution in [2.24, 2.45) is 0 Å². The Morgan fingerprint density at radius 1 is 1.53 bits per heavy atom. The fourth-order valence-corrected chi connectivity index (χ4v) is 4.12. The molecule has 1 aromatic rings. The lowest BCUT2D eigenvalue weighted by molar-refractivity contribution is -0.121. The van der Waals surface area contributed by atoms with E-state index in [9.17, 15) is 13.2 Å². The predicted octanol–water partition coefficient (Wildman–Crippen LogP) is 1.26. The minimum Gasteiger partial charge on any atom is -0.361 e. The molecule has 1 aromatic heterocycles. The third-order valence-electron chi connectivity index (χ3n) is 3.29. The molecule has 1 unspecified atom stereocenters. The van der Waals surface area contributed by atoms with Gasteiger partial charge in [0.25, 0.3) is 0 Å². The van der Waals surface area contributed by atoms with Crippen molar-refractivity contribution in [2.45, 2.75) is 44.9 Å². The number of Topliss-reactive ketones (excluding diaryl/α,β-unsaturated/α-hetero) is 1. The highest BCUT2D eigenvalue weighted by Gasteiger charge is 2.35. The number of carbonyl (C=O) groups excluding carboxylic acids is 1. The monoisotopic (exact) mass is 286 g/mol. The zero-order chi connectivity index (χ0) is 14.0. The number of sulfonamides is 1. The second-order valence-electron chi connectivity index (χ2n) is 4.92. The third kappa shape index (κ3) is 3.22. The number of hydrogen-bond acceptors (Lipinski definition) is 5. The average molecular weight is 286 g/mol. The van der Waals surface area contributed by atoms with E-state index in [1.54, 1.807) is 13.0 Å². The van der Waals surface area contributed by atoms with Crippen molar-refractivity contribution in [1.82, 2.24) is 9.46 Å². The molecule has 0 amide bonds. The van der Waals surface area contributed by atoms with Crippen LogP contribution < -0.4 is 0 Å². The summed E-state index contributed by atoms with van der Waals surface area (Å²) in [6.45, 7) is 3.56. The molecule has 2 heterocycles. The van der Waals surface area contributed by atoms with Crippen molar-refractivity contribution >= 4 is 15.8 Å². The number of piperidine rings is 1. The quantitative estimate of drug-likeness (QED) is 0.832. The molecule has 0 bridgehead atoms. The summed E-state index contributed by atoms with van der Waals surface area (Å²) in [5.74, 6) is 0.264. The van der Waals surface area contributed by atoms with E-state index in [1.807, 2.05) is 0 Å². The number of aryl methyl sites for hydroxylation is 1. The first-order valence-electron chi connectivity index (χ1n) is 6.32. The maximum Gasteiger partial charge on any atom is 0.220 e. The number of aromatic nitrogens is 1. The summed E-state index contributed by atoms with van der Waals surface area (Å²) in [6, 6.07) is 1.08. The van der Waals surface area contributed by atoms with Crippen molar-refractivity contribution in [1.29, 1.82) is 0 Å². The Kier molecular flexibility index (Phi) is 4.05. The fourth-order valence-electron chi connectivity index (χ4n) is 2.40. The second-order valence-corrected chi connectivity index (χ2v) is 6.84. The molecule has 1 saturated heterocycles. The molecule has 0 radical (unpaired) electrons. The third-order valence-corrected chi connectivity index (χ3v) is 5.10. The summed E-state index contributed by atoms with van der Waals surface area (Å²) in [6.07, 6.45) is 2.28. The van der Waals surface area contributed by atoms with Crippen LogP contribution in [0.1, 0.15) is 37.6 Å². The van der Waals surface area contributed by atoms with Gasteiger partial charge in [-0.05, 0) is 26.7 Å². The Morgan fingerprint density at radius 2 is 2.26 bits per heavy atom. The molecule has 1 aliphatic heterocycles. The number of rotatable bonds is 4. The van der Waals surface area contributed by atoms with E-state index in [0.717, 1.165) is 12.8 Å². The van der Waals surface area contributed by atoms with Gasteiger partial charge in [-0.15, -0.1) is 0 Å². The molecule has 0 N–H and O–H groups in total. The van der Waals surface area contributed by atoms with Crippen LogP contribution in [0.15, 0.2) is 10.6 Å². The Bertz CT molecular complexity index is 564. The highest BCUT2D eigenvalue weighted by atomic mass is 32.2. The van der Waals surface area contributed by atoms with E-state index < -0.39 is 16.1 Å². The summed E-state index contributed by atoms with van der Waals surface area (Å²) < 4.78 is 30.9. The van der Waals surface area contributed by atoms with Crippen LogP contribution in [0.3, 0.4) is 0 Å². The van der Waals surface area contributed by atoms with E-state index in [-0.39, 0.29) is 11.5 Å². The molecular formula is C12H18N2O4S. The molecule has 19 heavy (non-hydrogen) atoms. The lowest BCUT2D eigenvalue weighted by atomic mass is 10.0. The molecule has 106 valence electrons. The molecule has 6 nitrogen and oxygen atoms in total. The zero-order valence-corrected chi connectivity index (χ0v) is 11.9. The number of nitrogens with zero attached hydrogens (tertiary/aromatic N) is 2. The molecular weight excluding hydrogens is 268 g/mol. The van der Waals surface area contributed by atoms with Crippen LogP contribution in [0.25, 0.3) is 0 Å². The Balaban J connectivity index is 2.19. The van der Waals surface area contributed by atoms with Gasteiger partial charge in [-0.1, -0.05) is 11.6 Å². The average Bonchev–Trinajstić information content (AvgIpc) is 2.74. The van der Waals surface area contributed by atoms with E-state index in [1.165, 1.54) is 11.2 Å². The molecule has 1 fully saturated rings. The van der Waals surface area contributed by atoms with Crippen LogP contribution in [0.4, 0.5) is 0 Å². The number of carbonyl (C=O) groups is 1. The molecule has 7 heteroatoms. The van der Waals surface area contributed by atoms with Gasteiger partial charge in [-0.25, -0.2) is 8.42 Å². The minimum absolute atomic E-state index is 0.0976. The van der Waals surface area contributed by atoms with Gasteiger partial charge in [0.05, 0.1) is 6.04 Å². The van der Waals surface area contributed by atoms with E-state index in [0.29, 0.717) is 24.4 Å². The SMILES string of the molecule is CC(=O)C1CCCCN1S(=O)(=O)Cc1cc(C)on1. The molecule has 0 spiro atoms. The van der Waals surface area contributed by atoms with E-state index in [2.05, 4.69) is 5.16 Å². The summed E-state index contributed by atoms with van der Waals surface area (Å²) in [5.41, 5.74) is 0.380. The molecule has 0 aliphatic carbocycles. The standard InChI is InChI=1S/C12H18N2O4S/c1-9-7-11(13-18-9)8-19(16,17)14-6-4-3-5-12(14)10(2)15/h7,12H,3-6,8H2,1-2H3. The van der Waals surface area contributed by atoms with Gasteiger partial charge in [0.1, 0.15) is 23.0 Å². The Morgan fingerprint density at radius 3 is 2.84 bits per heavy atom. The molecule has 1 aliphatic rings. The Hall–Kier alpha value is -1.21. The number of ketones is 1. The Labute approximate surface area is 112 Å². The van der Waals surface area contributed by atoms with Gasteiger partial charge >= 0.3 is 0 Å². The molecule has 2 rings (SSSR count). The highest BCUT2D eigenvalue weighted by molar-refractivity contribution is 7.88. The summed E-state index contributed by atoms with van der Waals surface area (Å²) in [7, 11) is -3.53. The van der Waals surface area contributed by atoms with Gasteiger partial charge in [-0.2, -0.15) is 4.31 Å². The van der Waals surface area contributed by atoms with Crippen LogP contribution >= 0.6 is 0 Å². The van der Waals surface area contributed by atoms with Gasteiger partial charge in [-0.3, -0.25) is 4.79 Å². The van der Waals surface area contributed by atoms with E-state index in [4.69, 9.17) is 4.52 Å². The van der Waals surface area contributed by atoms with Gasteiger partial charge in [0, 0.05) is 12.6 Å². The van der Waals surface area contributed by atoms with Crippen LogP contribution in [0.2, 0.25) is 0 Å². The molecule has 0 saturated carbocycles. The lowest BCUT2D eigenvalue weighted by Gasteiger charge is -2.32. The smallest absolute Gasteiger partial charge is 0.220 e. The summed E-state index contributed by atoms with van der Waals surface area (Å²) in [4.78, 5) is 11.6. The first kappa shape index (κ1) is 14.2. The van der Waals surface area contributed by atoms with Crippen molar-refractivity contribution in [3.63, 3.8) is 0 Å². The van der Waals surface area contributed by atoms with Gasteiger partial charge in [0.2, 0.25) is 10.0 Å². The first-order chi connectivity index (χ1) is 8.90. The summed E-state index contributed by atoms with van der Waals surface area (Å²) in [5, 5.41) is 3.70. The van der Waals surface area contributed by atoms with Gasteiger partial charge in [0.15, 0.2) is 0 Å². The fraction of sp³-hybridized carbons (Fsp3) is 0.667. The molecule has 1 atom stereocenters. The highest BCUT2D eigenvalue weighted by Crippen LogP contribution is 2.23. The van der Waals surface area contributed by atoms with Crippen molar-refractivity contribution < 1.29 is 17.7 Å². The normalized spacial score (nSPS) is 21.5. The first-order valence-corrected chi connectivity index (χ1v) is 7.93. The number of hydrogen-bond donors (Lipinski definition) is 0. The van der Waals surface area contributed by atoms with Crippen molar-refractivity contribution in [3.05, 3.63) is 17.5 Å². The van der Waals surface area contributed by atoms with Crippen molar-refractivity contribution in [3.8, 4) is 0 Å². The largest absolute Gasteiger partial charge is 0.361 e. The van der Waals surface area contributed by atoms with Crippen LogP contribution in [0.5, 0.6) is 0 Å². The zero-order valence-electron chi connectivity index (χ0n) is 11.1. The lowest BCUT2D eigenvalue weighted by Crippen LogP contribution is -2.47. The summed E-state index contributed by atoms with van der Waals surface area (Å²) >= 11 is 0. The maximum absolute atomic E-state index is 12.4. The van der Waals surface area contributed by atoms with Crippen LogP contribution in [-0.2, 0) is 20.6 Å². The minimum atomic E-state index is -3.53. The van der Waals surface area contributed by atoms with Gasteiger partial charge < -0.3 is 4.52 Å². The second kappa shape index (κ2) is 5.42. The van der Waals surface area contributed by atoms with Crippen LogP contribution in [-0.4, -0.2) is 36.2 Å². The topological polar surface area (TPSA) is 80.5 Å². The van der Waals surface area contributed by atoms with E-state index >= 15 is 0 Å². The predicted molar refractivity (Wildman–Crippen MR) is 68.9 cm³/mol.